The number of rotatable bonds is 4. The van der Waals surface area contributed by atoms with Crippen molar-refractivity contribution in [3.05, 3.63) is 33.7 Å². The molecule has 18 heavy (non-hydrogen) atoms. The van der Waals surface area contributed by atoms with Crippen LogP contribution < -0.4 is 16.6 Å². The number of alkyl halides is 2. The Hall–Kier alpha value is -1.47. The Balaban J connectivity index is 0.00000289. The maximum Gasteiger partial charge on any atom is 0.277 e. The number of nitrogens with one attached hydrogen (secondary N) is 2. The van der Waals surface area contributed by atoms with Crippen LogP contribution in [0.1, 0.15) is 16.1 Å². The van der Waals surface area contributed by atoms with E-state index in [9.17, 15) is 18.4 Å². The highest BCUT2D eigenvalue weighted by atomic mass is 35.5. The Bertz CT molecular complexity index is 476. The summed E-state index contributed by atoms with van der Waals surface area (Å²) in [6.07, 6.45) is 0. The minimum absolute atomic E-state index is 0. The van der Waals surface area contributed by atoms with Crippen LogP contribution in [0.2, 0.25) is 0 Å². The van der Waals surface area contributed by atoms with Crippen LogP contribution in [0.15, 0.2) is 16.9 Å². The molecular formula is C10H14ClF2N3O2. The fraction of sp³-hybridized carbons (Fsp3) is 0.400. The van der Waals surface area contributed by atoms with E-state index in [-0.39, 0.29) is 18.0 Å². The van der Waals surface area contributed by atoms with Gasteiger partial charge in [0.1, 0.15) is 5.56 Å². The fourth-order valence-corrected chi connectivity index (χ4v) is 1.13. The third-order valence-electron chi connectivity index (χ3n) is 2.11. The van der Waals surface area contributed by atoms with Gasteiger partial charge in [0.25, 0.3) is 17.4 Å². The molecule has 0 bridgehead atoms. The molecule has 0 atom stereocenters. The molecule has 1 amide bonds. The largest absolute Gasteiger partial charge is 0.346 e. The van der Waals surface area contributed by atoms with Gasteiger partial charge in [0.15, 0.2) is 0 Å². The number of hydrogen-bond acceptors (Lipinski definition) is 3. The summed E-state index contributed by atoms with van der Waals surface area (Å²) in [6.45, 7) is -0.112. The maximum absolute atomic E-state index is 12.8. The lowest BCUT2D eigenvalue weighted by molar-refractivity contribution is 0.0118. The van der Waals surface area contributed by atoms with Gasteiger partial charge in [0, 0.05) is 5.69 Å². The third kappa shape index (κ3) is 4.42. The average Bonchev–Trinajstić information content (AvgIpc) is 2.26. The summed E-state index contributed by atoms with van der Waals surface area (Å²) in [7, 11) is 0. The van der Waals surface area contributed by atoms with Crippen molar-refractivity contribution in [3.63, 3.8) is 0 Å². The van der Waals surface area contributed by atoms with Gasteiger partial charge in [-0.2, -0.15) is 0 Å². The number of hydrogen-bond donors (Lipinski definition) is 3. The first-order chi connectivity index (χ1) is 7.85. The van der Waals surface area contributed by atoms with Crippen LogP contribution in [-0.2, 0) is 0 Å². The monoisotopic (exact) mass is 281 g/mol. The van der Waals surface area contributed by atoms with E-state index >= 15 is 0 Å². The number of H-pyrrole nitrogens is 1. The number of nitrogens with two attached hydrogens (primary N) is 1. The minimum atomic E-state index is -3.17. The number of aryl methyl sites for hydroxylation is 1. The van der Waals surface area contributed by atoms with Gasteiger partial charge >= 0.3 is 0 Å². The summed E-state index contributed by atoms with van der Waals surface area (Å²) in [5.41, 5.74) is 4.58. The van der Waals surface area contributed by atoms with Crippen molar-refractivity contribution in [1.29, 1.82) is 0 Å². The van der Waals surface area contributed by atoms with Crippen LogP contribution in [0.5, 0.6) is 0 Å². The molecule has 0 aliphatic heterocycles. The number of carbonyl (C=O) groups is 1. The van der Waals surface area contributed by atoms with Crippen LogP contribution in [0.4, 0.5) is 8.78 Å². The van der Waals surface area contributed by atoms with E-state index in [4.69, 9.17) is 5.73 Å². The molecule has 8 heteroatoms. The second-order valence-corrected chi connectivity index (χ2v) is 3.63. The summed E-state index contributed by atoms with van der Waals surface area (Å²) in [4.78, 5) is 25.2. The smallest absolute Gasteiger partial charge is 0.277 e. The number of amides is 1. The van der Waals surface area contributed by atoms with Crippen molar-refractivity contribution in [3.8, 4) is 0 Å². The van der Waals surface area contributed by atoms with E-state index in [2.05, 4.69) is 4.98 Å². The molecule has 0 aliphatic rings. The molecule has 102 valence electrons. The molecule has 0 aliphatic carbocycles. The number of aromatic nitrogens is 1. The van der Waals surface area contributed by atoms with Gasteiger partial charge < -0.3 is 16.0 Å². The summed E-state index contributed by atoms with van der Waals surface area (Å²) in [5.74, 6) is -4.02. The lowest BCUT2D eigenvalue weighted by Gasteiger charge is -2.14. The van der Waals surface area contributed by atoms with E-state index in [1.165, 1.54) is 12.1 Å². The number of carbonyl (C=O) groups excluding carboxylic acids is 1. The Morgan fingerprint density at radius 2 is 2.11 bits per heavy atom. The van der Waals surface area contributed by atoms with Gasteiger partial charge in [-0.3, -0.25) is 9.59 Å². The van der Waals surface area contributed by atoms with E-state index in [1.807, 2.05) is 5.32 Å². The fourth-order valence-electron chi connectivity index (χ4n) is 1.13. The molecule has 0 saturated heterocycles. The first kappa shape index (κ1) is 16.5. The first-order valence-corrected chi connectivity index (χ1v) is 4.92. The summed E-state index contributed by atoms with van der Waals surface area (Å²) in [6, 6.07) is 2.79. The molecule has 0 radical (unpaired) electrons. The van der Waals surface area contributed by atoms with Crippen molar-refractivity contribution in [2.45, 2.75) is 12.8 Å². The summed E-state index contributed by atoms with van der Waals surface area (Å²) in [5, 5.41) is 1.96. The molecule has 0 aromatic carbocycles. The second-order valence-electron chi connectivity index (χ2n) is 3.63. The molecule has 0 spiro atoms. The Kier molecular flexibility index (Phi) is 5.93. The molecule has 0 fully saturated rings. The van der Waals surface area contributed by atoms with Crippen molar-refractivity contribution in [2.24, 2.45) is 5.73 Å². The topological polar surface area (TPSA) is 88.0 Å². The molecule has 1 rings (SSSR count). The highest BCUT2D eigenvalue weighted by molar-refractivity contribution is 5.93. The molecule has 1 heterocycles. The Morgan fingerprint density at radius 3 is 2.61 bits per heavy atom. The van der Waals surface area contributed by atoms with Crippen LogP contribution >= 0.6 is 12.4 Å². The van der Waals surface area contributed by atoms with Crippen LogP contribution in [0.25, 0.3) is 0 Å². The highest BCUT2D eigenvalue weighted by Gasteiger charge is 2.27. The van der Waals surface area contributed by atoms with Crippen molar-refractivity contribution in [1.82, 2.24) is 10.3 Å². The quantitative estimate of drug-likeness (QED) is 0.748. The van der Waals surface area contributed by atoms with Gasteiger partial charge in [-0.25, -0.2) is 8.78 Å². The lowest BCUT2D eigenvalue weighted by atomic mass is 10.2. The lowest BCUT2D eigenvalue weighted by Crippen LogP contribution is -2.42. The van der Waals surface area contributed by atoms with Gasteiger partial charge in [-0.1, -0.05) is 0 Å². The predicted molar refractivity (Wildman–Crippen MR) is 65.4 cm³/mol. The first-order valence-electron chi connectivity index (χ1n) is 4.92. The van der Waals surface area contributed by atoms with E-state index in [1.54, 1.807) is 6.92 Å². The highest BCUT2D eigenvalue weighted by Crippen LogP contribution is 2.08. The minimum Gasteiger partial charge on any atom is -0.346 e. The van der Waals surface area contributed by atoms with Crippen LogP contribution in [-0.4, -0.2) is 29.9 Å². The van der Waals surface area contributed by atoms with Gasteiger partial charge in [-0.15, -0.1) is 12.4 Å². The third-order valence-corrected chi connectivity index (χ3v) is 2.11. The molecule has 4 N–H and O–H groups in total. The molecule has 5 nitrogen and oxygen atoms in total. The SMILES string of the molecule is Cc1ccc(C(=O)NCC(F)(F)CN)c(=O)[nH]1.Cl. The average molecular weight is 282 g/mol. The number of aromatic amines is 1. The molecule has 1 aromatic heterocycles. The summed E-state index contributed by atoms with van der Waals surface area (Å²) >= 11 is 0. The zero-order valence-electron chi connectivity index (χ0n) is 9.63. The number of pyridine rings is 1. The van der Waals surface area contributed by atoms with Crippen molar-refractivity contribution >= 4 is 18.3 Å². The predicted octanol–water partition coefficient (Wildman–Crippen LogP) is 0.429. The van der Waals surface area contributed by atoms with Crippen molar-refractivity contribution < 1.29 is 13.6 Å². The maximum atomic E-state index is 12.8. The zero-order valence-corrected chi connectivity index (χ0v) is 10.4. The Morgan fingerprint density at radius 1 is 1.50 bits per heavy atom. The van der Waals surface area contributed by atoms with E-state index < -0.39 is 30.5 Å². The molecular weight excluding hydrogens is 268 g/mol. The second kappa shape index (κ2) is 6.46. The molecule has 0 saturated carbocycles. The normalized spacial score (nSPS) is 10.7. The van der Waals surface area contributed by atoms with Crippen LogP contribution in [0.3, 0.4) is 0 Å². The number of halogens is 3. The molecule has 0 unspecified atom stereocenters. The van der Waals surface area contributed by atoms with Gasteiger partial charge in [-0.05, 0) is 19.1 Å². The molecule has 1 aromatic rings. The standard InChI is InChI=1S/C10H13F2N3O2.ClH/c1-6-2-3-7(9(17)15-6)8(16)14-5-10(11,12)4-13;/h2-3H,4-5,13H2,1H3,(H,14,16)(H,15,17);1H. The van der Waals surface area contributed by atoms with E-state index in [0.29, 0.717) is 5.69 Å². The summed E-state index contributed by atoms with van der Waals surface area (Å²) < 4.78 is 25.5. The van der Waals surface area contributed by atoms with Crippen LogP contribution in [0, 0.1) is 6.92 Å². The van der Waals surface area contributed by atoms with Crippen molar-refractivity contribution in [2.75, 3.05) is 13.1 Å². The van der Waals surface area contributed by atoms with E-state index in [0.717, 1.165) is 0 Å². The zero-order chi connectivity index (χ0) is 13.1. The Labute approximate surface area is 108 Å². The van der Waals surface area contributed by atoms with Gasteiger partial charge in [0.05, 0.1) is 13.1 Å². The van der Waals surface area contributed by atoms with Gasteiger partial charge in [0.2, 0.25) is 0 Å².